The fourth-order valence-electron chi connectivity index (χ4n) is 1.92. The Hall–Kier alpha value is -1.81. The van der Waals surface area contributed by atoms with Gasteiger partial charge in [0.1, 0.15) is 12.3 Å². The van der Waals surface area contributed by atoms with Crippen molar-refractivity contribution >= 4 is 44.3 Å². The molecule has 0 unspecified atom stereocenters. The summed E-state index contributed by atoms with van der Waals surface area (Å²) in [6, 6.07) is 12.4. The summed E-state index contributed by atoms with van der Waals surface area (Å²) in [6.45, 7) is -0.658. The molecule has 122 valence electrons. The van der Waals surface area contributed by atoms with Gasteiger partial charge in [-0.25, -0.2) is 8.42 Å². The van der Waals surface area contributed by atoms with Gasteiger partial charge in [0.05, 0.1) is 17.7 Å². The van der Waals surface area contributed by atoms with E-state index in [0.717, 1.165) is 7.88 Å². The summed E-state index contributed by atoms with van der Waals surface area (Å²) in [7, 11) is -2.51. The van der Waals surface area contributed by atoms with Gasteiger partial charge in [-0.05, 0) is 71.1 Å². The highest BCUT2D eigenvalue weighted by atomic mass is 127. The van der Waals surface area contributed by atoms with Crippen LogP contribution in [0.15, 0.2) is 53.4 Å². The molecule has 2 aromatic rings. The van der Waals surface area contributed by atoms with E-state index in [2.05, 4.69) is 22.6 Å². The highest BCUT2D eigenvalue weighted by Crippen LogP contribution is 2.25. The number of rotatable bonds is 6. The Labute approximate surface area is 147 Å². The largest absolute Gasteiger partial charge is 0.497 e. The molecule has 23 heavy (non-hydrogen) atoms. The summed E-state index contributed by atoms with van der Waals surface area (Å²) in [6.07, 6.45) is 0. The second-order valence-corrected chi connectivity index (χ2v) is 7.67. The molecule has 0 aromatic heterocycles. The third kappa shape index (κ3) is 4.14. The molecule has 6 nitrogen and oxygen atoms in total. The Balaban J connectivity index is 2.47. The second kappa shape index (κ2) is 7.18. The normalized spacial score (nSPS) is 11.0. The van der Waals surface area contributed by atoms with Crippen LogP contribution in [0.1, 0.15) is 0 Å². The van der Waals surface area contributed by atoms with Crippen molar-refractivity contribution in [1.82, 2.24) is 0 Å². The Morgan fingerprint density at radius 3 is 2.17 bits per heavy atom. The summed E-state index contributed by atoms with van der Waals surface area (Å²) >= 11 is 2.09. The molecule has 2 rings (SSSR count). The number of hydrogen-bond donors (Lipinski definition) is 1. The number of carboxylic acid groups (broad SMARTS) is 1. The maximum absolute atomic E-state index is 12.8. The highest BCUT2D eigenvalue weighted by molar-refractivity contribution is 14.1. The summed E-state index contributed by atoms with van der Waals surface area (Å²) in [5.41, 5.74) is 0.295. The maximum Gasteiger partial charge on any atom is 0.324 e. The van der Waals surface area contributed by atoms with Gasteiger partial charge in [-0.15, -0.1) is 0 Å². The Morgan fingerprint density at radius 2 is 1.70 bits per heavy atom. The van der Waals surface area contributed by atoms with Crippen LogP contribution in [-0.4, -0.2) is 33.1 Å². The highest BCUT2D eigenvalue weighted by Gasteiger charge is 2.27. The van der Waals surface area contributed by atoms with Crippen molar-refractivity contribution in [3.05, 3.63) is 52.1 Å². The molecule has 0 aliphatic rings. The lowest BCUT2D eigenvalue weighted by Crippen LogP contribution is -2.35. The molecule has 0 spiro atoms. The van der Waals surface area contributed by atoms with Crippen LogP contribution < -0.4 is 9.04 Å². The van der Waals surface area contributed by atoms with E-state index >= 15 is 0 Å². The van der Waals surface area contributed by atoms with E-state index in [1.54, 1.807) is 24.3 Å². The predicted octanol–water partition coefficient (Wildman–Crippen LogP) is 2.58. The third-order valence-corrected chi connectivity index (χ3v) is 5.55. The second-order valence-electron chi connectivity index (χ2n) is 4.56. The number of aliphatic carboxylic acids is 1. The monoisotopic (exact) mass is 447 g/mol. The zero-order valence-corrected chi connectivity index (χ0v) is 15.1. The smallest absolute Gasteiger partial charge is 0.324 e. The first-order valence-corrected chi connectivity index (χ1v) is 9.00. The maximum atomic E-state index is 12.8. The number of halogens is 1. The number of anilines is 1. The van der Waals surface area contributed by atoms with Crippen LogP contribution in [0.3, 0.4) is 0 Å². The van der Waals surface area contributed by atoms with Gasteiger partial charge in [0.2, 0.25) is 0 Å². The Bertz CT molecular complexity index is 788. The molecule has 0 amide bonds. The number of benzene rings is 2. The van der Waals surface area contributed by atoms with E-state index in [1.165, 1.54) is 31.4 Å². The van der Waals surface area contributed by atoms with Gasteiger partial charge in [-0.2, -0.15) is 0 Å². The van der Waals surface area contributed by atoms with Crippen LogP contribution in [0, 0.1) is 3.57 Å². The molecule has 0 bridgehead atoms. The van der Waals surface area contributed by atoms with Gasteiger partial charge >= 0.3 is 5.97 Å². The lowest BCUT2D eigenvalue weighted by atomic mass is 10.3. The number of carboxylic acids is 1. The van der Waals surface area contributed by atoms with Crippen LogP contribution in [0.5, 0.6) is 5.75 Å². The van der Waals surface area contributed by atoms with E-state index in [1.807, 2.05) is 0 Å². The average Bonchev–Trinajstić information content (AvgIpc) is 2.53. The van der Waals surface area contributed by atoms with Crippen molar-refractivity contribution in [3.8, 4) is 5.75 Å². The van der Waals surface area contributed by atoms with Crippen LogP contribution in [0.25, 0.3) is 0 Å². The zero-order valence-electron chi connectivity index (χ0n) is 12.1. The van der Waals surface area contributed by atoms with E-state index in [4.69, 9.17) is 9.84 Å². The summed E-state index contributed by atoms with van der Waals surface area (Å²) in [5.74, 6) is -0.719. The van der Waals surface area contributed by atoms with E-state index in [0.29, 0.717) is 11.4 Å². The standard InChI is InChI=1S/C15H14INO5S/c1-22-13-6-8-14(9-7-13)23(20,21)17(10-15(18)19)12-4-2-11(16)3-5-12/h2-9H,10H2,1H3,(H,18,19). The first kappa shape index (κ1) is 17.5. The number of ether oxygens (including phenoxy) is 1. The van der Waals surface area contributed by atoms with Crippen LogP contribution in [0.2, 0.25) is 0 Å². The Morgan fingerprint density at radius 1 is 1.13 bits per heavy atom. The van der Waals surface area contributed by atoms with E-state index in [9.17, 15) is 13.2 Å². The van der Waals surface area contributed by atoms with Gasteiger partial charge in [-0.3, -0.25) is 9.10 Å². The number of sulfonamides is 1. The molecular weight excluding hydrogens is 433 g/mol. The minimum absolute atomic E-state index is 0.00176. The molecule has 0 atom stereocenters. The molecule has 0 saturated heterocycles. The van der Waals surface area contributed by atoms with Crippen molar-refractivity contribution in [3.63, 3.8) is 0 Å². The predicted molar refractivity (Wildman–Crippen MR) is 94.3 cm³/mol. The number of hydrogen-bond acceptors (Lipinski definition) is 4. The molecule has 0 radical (unpaired) electrons. The van der Waals surface area contributed by atoms with E-state index < -0.39 is 22.5 Å². The summed E-state index contributed by atoms with van der Waals surface area (Å²) < 4.78 is 32.3. The molecule has 0 heterocycles. The zero-order chi connectivity index (χ0) is 17.0. The molecule has 0 aliphatic heterocycles. The van der Waals surface area contributed by atoms with Crippen molar-refractivity contribution in [1.29, 1.82) is 0 Å². The van der Waals surface area contributed by atoms with Crippen molar-refractivity contribution in [2.75, 3.05) is 18.0 Å². The first-order valence-electron chi connectivity index (χ1n) is 6.49. The quantitative estimate of drug-likeness (QED) is 0.689. The summed E-state index contributed by atoms with van der Waals surface area (Å²) in [5, 5.41) is 9.06. The van der Waals surface area contributed by atoms with Crippen molar-refractivity contribution in [2.45, 2.75) is 4.90 Å². The molecule has 8 heteroatoms. The van der Waals surface area contributed by atoms with Gasteiger partial charge in [-0.1, -0.05) is 0 Å². The third-order valence-electron chi connectivity index (χ3n) is 3.04. The Kier molecular flexibility index (Phi) is 5.47. The minimum Gasteiger partial charge on any atom is -0.497 e. The van der Waals surface area contributed by atoms with Crippen LogP contribution in [0.4, 0.5) is 5.69 Å². The van der Waals surface area contributed by atoms with Crippen molar-refractivity contribution in [2.24, 2.45) is 0 Å². The number of carbonyl (C=O) groups is 1. The molecule has 2 aromatic carbocycles. The molecular formula is C15H14INO5S. The SMILES string of the molecule is COc1ccc(S(=O)(=O)N(CC(=O)O)c2ccc(I)cc2)cc1. The molecule has 0 saturated carbocycles. The lowest BCUT2D eigenvalue weighted by molar-refractivity contribution is -0.135. The van der Waals surface area contributed by atoms with Gasteiger partial charge in [0.15, 0.2) is 0 Å². The number of nitrogens with zero attached hydrogens (tertiary/aromatic N) is 1. The lowest BCUT2D eigenvalue weighted by Gasteiger charge is -2.22. The summed E-state index contributed by atoms with van der Waals surface area (Å²) in [4.78, 5) is 11.1. The van der Waals surface area contributed by atoms with E-state index in [-0.39, 0.29) is 4.90 Å². The van der Waals surface area contributed by atoms with Crippen molar-refractivity contribution < 1.29 is 23.1 Å². The fourth-order valence-corrected chi connectivity index (χ4v) is 3.69. The van der Waals surface area contributed by atoms with Gasteiger partial charge in [0, 0.05) is 3.57 Å². The first-order chi connectivity index (χ1) is 10.8. The van der Waals surface area contributed by atoms with Gasteiger partial charge in [0.25, 0.3) is 10.0 Å². The molecule has 0 aliphatic carbocycles. The average molecular weight is 447 g/mol. The topological polar surface area (TPSA) is 83.9 Å². The van der Waals surface area contributed by atoms with Gasteiger partial charge < -0.3 is 9.84 Å². The van der Waals surface area contributed by atoms with Crippen LogP contribution >= 0.6 is 22.6 Å². The van der Waals surface area contributed by atoms with Crippen LogP contribution in [-0.2, 0) is 14.8 Å². The minimum atomic E-state index is -3.99. The fraction of sp³-hybridized carbons (Fsp3) is 0.133. The number of methoxy groups -OCH3 is 1. The molecule has 0 fully saturated rings. The molecule has 1 N–H and O–H groups in total.